The van der Waals surface area contributed by atoms with Gasteiger partial charge < -0.3 is 5.32 Å². The third-order valence-corrected chi connectivity index (χ3v) is 3.96. The van der Waals surface area contributed by atoms with E-state index in [9.17, 15) is 0 Å². The predicted octanol–water partition coefficient (Wildman–Crippen LogP) is 3.94. The van der Waals surface area contributed by atoms with Crippen molar-refractivity contribution in [2.24, 2.45) is 0 Å². The van der Waals surface area contributed by atoms with E-state index in [-0.39, 0.29) is 0 Å². The molecule has 1 aromatic carbocycles. The molecule has 3 rings (SSSR count). The van der Waals surface area contributed by atoms with E-state index in [1.54, 1.807) is 6.20 Å². The van der Waals surface area contributed by atoms with Gasteiger partial charge in [-0.2, -0.15) is 0 Å². The molecule has 0 bridgehead atoms. The van der Waals surface area contributed by atoms with Crippen LogP contribution < -0.4 is 5.32 Å². The normalized spacial score (nSPS) is 17.8. The van der Waals surface area contributed by atoms with Gasteiger partial charge in [0, 0.05) is 16.9 Å². The number of hydrogen-bond donors (Lipinski definition) is 1. The molecule has 0 aliphatic heterocycles. The zero-order chi connectivity index (χ0) is 11.7. The van der Waals surface area contributed by atoms with Gasteiger partial charge in [0.15, 0.2) is 0 Å². The third kappa shape index (κ3) is 2.07. The molecule has 0 amide bonds. The molecule has 0 radical (unpaired) electrons. The lowest BCUT2D eigenvalue weighted by Gasteiger charge is -2.15. The number of hydrogen-bond acceptors (Lipinski definition) is 2. The Kier molecular flexibility index (Phi) is 2.85. The Morgan fingerprint density at radius 3 is 3.00 bits per heavy atom. The van der Waals surface area contributed by atoms with Crippen LogP contribution in [0.2, 0.25) is 0 Å². The Balaban J connectivity index is 1.87. The van der Waals surface area contributed by atoms with Crippen LogP contribution in [0.5, 0.6) is 0 Å². The largest absolute Gasteiger partial charge is 0.377 e. The Morgan fingerprint density at radius 2 is 2.18 bits per heavy atom. The summed E-state index contributed by atoms with van der Waals surface area (Å²) in [5, 5.41) is 3.54. The van der Waals surface area contributed by atoms with Gasteiger partial charge in [-0.3, -0.25) is 4.98 Å². The predicted molar refractivity (Wildman–Crippen MR) is 73.1 cm³/mol. The van der Waals surface area contributed by atoms with Gasteiger partial charge in [0.25, 0.3) is 0 Å². The van der Waals surface area contributed by atoms with Crippen LogP contribution >= 0.6 is 15.9 Å². The second-order valence-corrected chi connectivity index (χ2v) is 5.14. The summed E-state index contributed by atoms with van der Waals surface area (Å²) in [6.07, 6.45) is 5.95. The van der Waals surface area contributed by atoms with Crippen molar-refractivity contribution in [1.82, 2.24) is 4.98 Å². The summed E-state index contributed by atoms with van der Waals surface area (Å²) in [5.74, 6) is 0. The van der Waals surface area contributed by atoms with E-state index < -0.39 is 0 Å². The van der Waals surface area contributed by atoms with Crippen LogP contribution in [0, 0.1) is 0 Å². The molecule has 1 atom stereocenters. The highest BCUT2D eigenvalue weighted by Crippen LogP contribution is 2.37. The average Bonchev–Trinajstić information content (AvgIpc) is 2.76. The van der Waals surface area contributed by atoms with Gasteiger partial charge in [-0.1, -0.05) is 28.1 Å². The van der Waals surface area contributed by atoms with Crippen molar-refractivity contribution in [3.05, 3.63) is 58.3 Å². The summed E-state index contributed by atoms with van der Waals surface area (Å²) in [4.78, 5) is 4.13. The molecule has 1 N–H and O–H groups in total. The van der Waals surface area contributed by atoms with Crippen molar-refractivity contribution < 1.29 is 0 Å². The van der Waals surface area contributed by atoms with E-state index in [4.69, 9.17) is 0 Å². The monoisotopic (exact) mass is 288 g/mol. The number of anilines is 1. The molecule has 86 valence electrons. The molecule has 0 fully saturated rings. The lowest BCUT2D eigenvalue weighted by molar-refractivity contribution is 0.761. The van der Waals surface area contributed by atoms with Gasteiger partial charge in [-0.05, 0) is 42.2 Å². The Morgan fingerprint density at radius 1 is 1.24 bits per heavy atom. The van der Waals surface area contributed by atoms with Crippen LogP contribution in [-0.4, -0.2) is 4.98 Å². The lowest BCUT2D eigenvalue weighted by Crippen LogP contribution is -2.06. The van der Waals surface area contributed by atoms with Crippen molar-refractivity contribution in [2.75, 3.05) is 5.32 Å². The summed E-state index contributed by atoms with van der Waals surface area (Å²) < 4.78 is 1.23. The summed E-state index contributed by atoms with van der Waals surface area (Å²) in [6, 6.07) is 10.9. The van der Waals surface area contributed by atoms with Gasteiger partial charge in [-0.15, -0.1) is 0 Å². The molecule has 0 saturated heterocycles. The quantitative estimate of drug-likeness (QED) is 0.905. The van der Waals surface area contributed by atoms with Crippen molar-refractivity contribution in [1.29, 1.82) is 0 Å². The molecule has 1 aromatic heterocycles. The van der Waals surface area contributed by atoms with Crippen LogP contribution in [0.15, 0.2) is 47.2 Å². The van der Waals surface area contributed by atoms with Gasteiger partial charge in [-0.25, -0.2) is 0 Å². The first-order chi connectivity index (χ1) is 8.34. The molecule has 3 heteroatoms. The van der Waals surface area contributed by atoms with Gasteiger partial charge >= 0.3 is 0 Å². The first-order valence-electron chi connectivity index (χ1n) is 5.78. The van der Waals surface area contributed by atoms with Gasteiger partial charge in [0.1, 0.15) is 0 Å². The van der Waals surface area contributed by atoms with E-state index in [1.807, 2.05) is 12.3 Å². The smallest absolute Gasteiger partial charge is 0.0531 e. The second-order valence-electron chi connectivity index (χ2n) is 4.28. The minimum atomic E-state index is 0.409. The van der Waals surface area contributed by atoms with Crippen LogP contribution in [0.25, 0.3) is 0 Å². The molecular weight excluding hydrogens is 276 g/mol. The zero-order valence-electron chi connectivity index (χ0n) is 9.36. The standard InChI is InChI=1S/C14H13BrN2/c15-13-5-1-4-12-11(13)6-7-14(12)17-10-3-2-8-16-9-10/h1-5,8-9,14,17H,6-7H2. The molecule has 1 heterocycles. The lowest BCUT2D eigenvalue weighted by atomic mass is 10.1. The summed E-state index contributed by atoms with van der Waals surface area (Å²) in [5.41, 5.74) is 3.93. The maximum absolute atomic E-state index is 4.13. The molecule has 1 aliphatic carbocycles. The SMILES string of the molecule is Brc1cccc2c1CCC2Nc1cccnc1. The van der Waals surface area contributed by atoms with Crippen LogP contribution in [0.1, 0.15) is 23.6 Å². The topological polar surface area (TPSA) is 24.9 Å². The number of halogens is 1. The number of nitrogens with one attached hydrogen (secondary N) is 1. The Hall–Kier alpha value is -1.35. The summed E-state index contributed by atoms with van der Waals surface area (Å²) >= 11 is 3.62. The van der Waals surface area contributed by atoms with Crippen molar-refractivity contribution in [2.45, 2.75) is 18.9 Å². The molecule has 0 saturated carbocycles. The molecule has 0 spiro atoms. The highest BCUT2D eigenvalue weighted by Gasteiger charge is 2.23. The zero-order valence-corrected chi connectivity index (χ0v) is 10.9. The average molecular weight is 289 g/mol. The second kappa shape index (κ2) is 4.49. The number of fused-ring (bicyclic) bond motifs is 1. The van der Waals surface area contributed by atoms with Crippen molar-refractivity contribution >= 4 is 21.6 Å². The van der Waals surface area contributed by atoms with Crippen molar-refractivity contribution in [3.63, 3.8) is 0 Å². The number of rotatable bonds is 2. The fraction of sp³-hybridized carbons (Fsp3) is 0.214. The van der Waals surface area contributed by atoms with Crippen LogP contribution in [-0.2, 0) is 6.42 Å². The van der Waals surface area contributed by atoms with E-state index in [0.717, 1.165) is 18.5 Å². The minimum Gasteiger partial charge on any atom is -0.377 e. The summed E-state index contributed by atoms with van der Waals surface area (Å²) in [7, 11) is 0. The minimum absolute atomic E-state index is 0.409. The highest BCUT2D eigenvalue weighted by atomic mass is 79.9. The summed E-state index contributed by atoms with van der Waals surface area (Å²) in [6.45, 7) is 0. The van der Waals surface area contributed by atoms with E-state index >= 15 is 0 Å². The van der Waals surface area contributed by atoms with Gasteiger partial charge in [0.2, 0.25) is 0 Å². The van der Waals surface area contributed by atoms with Gasteiger partial charge in [0.05, 0.1) is 11.7 Å². The number of aromatic nitrogens is 1. The Bertz CT molecular complexity index is 525. The maximum atomic E-state index is 4.13. The van der Waals surface area contributed by atoms with E-state index in [2.05, 4.69) is 50.5 Å². The fourth-order valence-corrected chi connectivity index (χ4v) is 2.99. The van der Waals surface area contributed by atoms with Crippen LogP contribution in [0.4, 0.5) is 5.69 Å². The Labute approximate surface area is 109 Å². The first-order valence-corrected chi connectivity index (χ1v) is 6.58. The maximum Gasteiger partial charge on any atom is 0.0531 e. The molecule has 1 aliphatic rings. The third-order valence-electron chi connectivity index (χ3n) is 3.22. The van der Waals surface area contributed by atoms with E-state index in [1.165, 1.54) is 15.6 Å². The number of nitrogens with zero attached hydrogens (tertiary/aromatic N) is 1. The highest BCUT2D eigenvalue weighted by molar-refractivity contribution is 9.10. The number of pyridine rings is 1. The molecule has 2 nitrogen and oxygen atoms in total. The molecule has 2 aromatic rings. The molecular formula is C14H13BrN2. The van der Waals surface area contributed by atoms with Crippen molar-refractivity contribution in [3.8, 4) is 0 Å². The van der Waals surface area contributed by atoms with Crippen LogP contribution in [0.3, 0.4) is 0 Å². The fourth-order valence-electron chi connectivity index (χ4n) is 2.41. The first kappa shape index (κ1) is 10.8. The number of benzene rings is 1. The molecule has 1 unspecified atom stereocenters. The van der Waals surface area contributed by atoms with E-state index in [0.29, 0.717) is 6.04 Å². The molecule has 17 heavy (non-hydrogen) atoms.